The maximum absolute atomic E-state index is 13.7. The van der Waals surface area contributed by atoms with Crippen molar-refractivity contribution in [1.29, 1.82) is 0 Å². The summed E-state index contributed by atoms with van der Waals surface area (Å²) in [6, 6.07) is 2.79. The quantitative estimate of drug-likeness (QED) is 0.819. The Hall–Kier alpha value is -1.19. The summed E-state index contributed by atoms with van der Waals surface area (Å²) >= 11 is 0. The average Bonchev–Trinajstić information content (AvgIpc) is 2.71. The van der Waals surface area contributed by atoms with Gasteiger partial charge < -0.3 is 5.32 Å². The molecule has 1 atom stereocenters. The van der Waals surface area contributed by atoms with Gasteiger partial charge in [-0.2, -0.15) is 0 Å². The van der Waals surface area contributed by atoms with Crippen molar-refractivity contribution < 1.29 is 26.0 Å². The second kappa shape index (κ2) is 5.54. The highest BCUT2D eigenvalue weighted by Gasteiger charge is 2.33. The first-order valence-electron chi connectivity index (χ1n) is 5.84. The highest BCUT2D eigenvalue weighted by atomic mass is 35.7. The fourth-order valence-electron chi connectivity index (χ4n) is 1.99. The molecule has 1 amide bonds. The Kier molecular flexibility index (Phi) is 4.27. The summed E-state index contributed by atoms with van der Waals surface area (Å²) in [5.41, 5.74) is -0.228. The molecule has 1 aliphatic rings. The van der Waals surface area contributed by atoms with Crippen LogP contribution in [0.5, 0.6) is 0 Å². The lowest BCUT2D eigenvalue weighted by Gasteiger charge is -2.10. The molecule has 0 bridgehead atoms. The van der Waals surface area contributed by atoms with E-state index in [0.29, 0.717) is 6.07 Å². The second-order valence-electron chi connectivity index (χ2n) is 4.67. The van der Waals surface area contributed by atoms with Gasteiger partial charge in [0.1, 0.15) is 5.82 Å². The predicted molar refractivity (Wildman–Crippen MR) is 74.8 cm³/mol. The zero-order valence-electron chi connectivity index (χ0n) is 10.5. The van der Waals surface area contributed by atoms with Crippen LogP contribution in [0.1, 0.15) is 6.42 Å². The van der Waals surface area contributed by atoms with E-state index in [1.54, 1.807) is 0 Å². The Morgan fingerprint density at radius 1 is 1.38 bits per heavy atom. The number of hydrogen-bond acceptors (Lipinski definition) is 5. The van der Waals surface area contributed by atoms with Crippen LogP contribution in [0.25, 0.3) is 0 Å². The lowest BCUT2D eigenvalue weighted by Crippen LogP contribution is -2.24. The molecule has 0 saturated carbocycles. The van der Waals surface area contributed by atoms with E-state index in [1.165, 1.54) is 0 Å². The fraction of sp³-hybridized carbons (Fsp3) is 0.364. The van der Waals surface area contributed by atoms with Gasteiger partial charge in [0.15, 0.2) is 9.84 Å². The number of carbonyl (C=O) groups is 1. The highest BCUT2D eigenvalue weighted by Crippen LogP contribution is 2.24. The molecule has 2 rings (SSSR count). The lowest BCUT2D eigenvalue weighted by atomic mass is 10.1. The first-order chi connectivity index (χ1) is 9.58. The van der Waals surface area contributed by atoms with E-state index >= 15 is 0 Å². The molecule has 1 aliphatic heterocycles. The van der Waals surface area contributed by atoms with Gasteiger partial charge >= 0.3 is 0 Å². The van der Waals surface area contributed by atoms with Gasteiger partial charge in [0, 0.05) is 10.7 Å². The molecule has 1 fully saturated rings. The summed E-state index contributed by atoms with van der Waals surface area (Å²) in [5.74, 6) is -2.65. The van der Waals surface area contributed by atoms with Gasteiger partial charge in [-0.3, -0.25) is 4.79 Å². The molecule has 0 aromatic heterocycles. The third kappa shape index (κ3) is 3.92. The summed E-state index contributed by atoms with van der Waals surface area (Å²) in [6.07, 6.45) is 0.184. The van der Waals surface area contributed by atoms with Gasteiger partial charge in [-0.25, -0.2) is 21.2 Å². The minimum Gasteiger partial charge on any atom is -0.323 e. The third-order valence-corrected chi connectivity index (χ3v) is 6.20. The second-order valence-corrected chi connectivity index (χ2v) is 9.46. The molecule has 0 radical (unpaired) electrons. The van der Waals surface area contributed by atoms with Gasteiger partial charge in [-0.05, 0) is 24.6 Å². The van der Waals surface area contributed by atoms with Crippen molar-refractivity contribution in [2.24, 2.45) is 5.92 Å². The number of nitrogens with one attached hydrogen (secondary N) is 1. The van der Waals surface area contributed by atoms with Gasteiger partial charge in [0.05, 0.1) is 28.0 Å². The number of halogens is 2. The Bertz CT molecular complexity index is 791. The summed E-state index contributed by atoms with van der Waals surface area (Å²) in [7, 11) is -2.21. The van der Waals surface area contributed by atoms with Gasteiger partial charge in [-0.15, -0.1) is 0 Å². The first kappa shape index (κ1) is 16.2. The van der Waals surface area contributed by atoms with E-state index in [1.807, 2.05) is 0 Å². The molecule has 116 valence electrons. The normalized spacial score (nSPS) is 21.1. The summed E-state index contributed by atoms with van der Waals surface area (Å²) in [5, 5.41) is 2.25. The molecule has 1 aromatic rings. The molecule has 0 spiro atoms. The van der Waals surface area contributed by atoms with Gasteiger partial charge in [0.25, 0.3) is 9.05 Å². The van der Waals surface area contributed by atoms with Crippen LogP contribution in [0.2, 0.25) is 0 Å². The molecule has 1 saturated heterocycles. The zero-order valence-corrected chi connectivity index (χ0v) is 12.9. The molecule has 1 heterocycles. The van der Waals surface area contributed by atoms with E-state index in [9.17, 15) is 26.0 Å². The number of anilines is 1. The zero-order chi connectivity index (χ0) is 15.8. The number of sulfone groups is 1. The van der Waals surface area contributed by atoms with Crippen LogP contribution in [0.3, 0.4) is 0 Å². The molecule has 6 nitrogen and oxygen atoms in total. The number of amides is 1. The van der Waals surface area contributed by atoms with E-state index in [2.05, 4.69) is 5.32 Å². The Labute approximate surface area is 125 Å². The molecular weight excluding hydrogens is 345 g/mol. The Balaban J connectivity index is 2.16. The first-order valence-corrected chi connectivity index (χ1v) is 9.97. The molecule has 1 aromatic carbocycles. The van der Waals surface area contributed by atoms with Crippen molar-refractivity contribution in [2.75, 3.05) is 16.8 Å². The Morgan fingerprint density at radius 3 is 2.52 bits per heavy atom. The van der Waals surface area contributed by atoms with Crippen molar-refractivity contribution in [3.8, 4) is 0 Å². The topological polar surface area (TPSA) is 97.4 Å². The average molecular weight is 356 g/mol. The van der Waals surface area contributed by atoms with Crippen LogP contribution in [0, 0.1) is 11.7 Å². The molecule has 10 heteroatoms. The minimum atomic E-state index is -4.06. The van der Waals surface area contributed by atoms with Crippen molar-refractivity contribution in [2.45, 2.75) is 11.3 Å². The summed E-state index contributed by atoms with van der Waals surface area (Å²) in [4.78, 5) is 11.4. The van der Waals surface area contributed by atoms with Crippen LogP contribution in [0.15, 0.2) is 23.1 Å². The SMILES string of the molecule is O=C(Nc1ccc(S(=O)(=O)Cl)cc1F)C1CCS(=O)(=O)C1. The number of hydrogen-bond donors (Lipinski definition) is 1. The Morgan fingerprint density at radius 2 is 2.05 bits per heavy atom. The molecule has 21 heavy (non-hydrogen) atoms. The molecular formula is C11H11ClFNO5S2. The summed E-state index contributed by atoms with van der Waals surface area (Å²) in [6.45, 7) is 0. The maximum atomic E-state index is 13.7. The van der Waals surface area contributed by atoms with Gasteiger partial charge in [0.2, 0.25) is 5.91 Å². The van der Waals surface area contributed by atoms with E-state index in [0.717, 1.165) is 12.1 Å². The third-order valence-electron chi connectivity index (χ3n) is 3.08. The molecule has 0 aliphatic carbocycles. The van der Waals surface area contributed by atoms with Crippen molar-refractivity contribution >= 4 is 41.2 Å². The minimum absolute atomic E-state index is 0.0724. The van der Waals surface area contributed by atoms with E-state index in [-0.39, 0.29) is 23.6 Å². The number of carbonyl (C=O) groups excluding carboxylic acids is 1. The van der Waals surface area contributed by atoms with Gasteiger partial charge in [-0.1, -0.05) is 0 Å². The number of benzene rings is 1. The summed E-state index contributed by atoms with van der Waals surface area (Å²) < 4.78 is 58.4. The molecule has 1 N–H and O–H groups in total. The monoisotopic (exact) mass is 355 g/mol. The van der Waals surface area contributed by atoms with Crippen LogP contribution in [-0.2, 0) is 23.7 Å². The lowest BCUT2D eigenvalue weighted by molar-refractivity contribution is -0.119. The van der Waals surface area contributed by atoms with E-state index in [4.69, 9.17) is 10.7 Å². The van der Waals surface area contributed by atoms with Crippen LogP contribution in [-0.4, -0.2) is 34.2 Å². The molecule has 1 unspecified atom stereocenters. The fourth-order valence-corrected chi connectivity index (χ4v) is 4.49. The highest BCUT2D eigenvalue weighted by molar-refractivity contribution is 8.13. The smallest absolute Gasteiger partial charge is 0.261 e. The van der Waals surface area contributed by atoms with Crippen LogP contribution in [0.4, 0.5) is 10.1 Å². The van der Waals surface area contributed by atoms with Crippen LogP contribution >= 0.6 is 10.7 Å². The van der Waals surface area contributed by atoms with Crippen LogP contribution < -0.4 is 5.32 Å². The largest absolute Gasteiger partial charge is 0.323 e. The van der Waals surface area contributed by atoms with E-state index < -0.39 is 41.4 Å². The standard InChI is InChI=1S/C11H11ClFNO5S2/c12-21(18,19)8-1-2-10(9(13)5-8)14-11(15)7-3-4-20(16,17)6-7/h1-2,5,7H,3-4,6H2,(H,14,15). The van der Waals surface area contributed by atoms with Crippen molar-refractivity contribution in [3.63, 3.8) is 0 Å². The van der Waals surface area contributed by atoms with Crippen molar-refractivity contribution in [3.05, 3.63) is 24.0 Å². The maximum Gasteiger partial charge on any atom is 0.261 e. The predicted octanol–water partition coefficient (Wildman–Crippen LogP) is 1.13. The van der Waals surface area contributed by atoms with Crippen molar-refractivity contribution in [1.82, 2.24) is 0 Å². The number of rotatable bonds is 3.